The Labute approximate surface area is 122 Å². The largest absolute Gasteiger partial charge is 0.325 e. The zero-order valence-corrected chi connectivity index (χ0v) is 12.7. The number of rotatable bonds is 3. The fraction of sp³-hybridized carbons (Fsp3) is 0.500. The summed E-state index contributed by atoms with van der Waals surface area (Å²) in [7, 11) is 0. The minimum Gasteiger partial charge on any atom is -0.325 e. The molecule has 0 aliphatic carbocycles. The maximum Gasteiger partial charge on any atom is 0.241 e. The van der Waals surface area contributed by atoms with Crippen molar-refractivity contribution >= 4 is 34.2 Å². The van der Waals surface area contributed by atoms with Crippen LogP contribution in [-0.4, -0.2) is 18.5 Å². The van der Waals surface area contributed by atoms with E-state index in [2.05, 4.69) is 40.1 Å². The standard InChI is InChI=1S/C14H19IN2O/c1-2-10-6-7-16-13(8-10)14(18)17-12-5-3-4-11(15)9-12/h3-5,9-10,13,16H,2,6-8H2,1H3,(H,17,18). The minimum absolute atomic E-state index is 0.0402. The molecule has 18 heavy (non-hydrogen) atoms. The fourth-order valence-electron chi connectivity index (χ4n) is 2.36. The summed E-state index contributed by atoms with van der Waals surface area (Å²) in [5, 5.41) is 6.29. The second-order valence-electron chi connectivity index (χ2n) is 4.80. The third kappa shape index (κ3) is 3.68. The Bertz CT molecular complexity index is 422. The van der Waals surface area contributed by atoms with E-state index in [4.69, 9.17) is 0 Å². The van der Waals surface area contributed by atoms with Crippen LogP contribution in [0.2, 0.25) is 0 Å². The molecule has 3 nitrogen and oxygen atoms in total. The number of piperidine rings is 1. The minimum atomic E-state index is -0.0402. The third-order valence-electron chi connectivity index (χ3n) is 3.50. The lowest BCUT2D eigenvalue weighted by atomic mass is 9.90. The van der Waals surface area contributed by atoms with Crippen molar-refractivity contribution in [3.8, 4) is 0 Å². The van der Waals surface area contributed by atoms with Gasteiger partial charge in [-0.25, -0.2) is 0 Å². The number of nitrogens with one attached hydrogen (secondary N) is 2. The second-order valence-corrected chi connectivity index (χ2v) is 6.05. The number of carbonyl (C=O) groups is 1. The lowest BCUT2D eigenvalue weighted by Crippen LogP contribution is -2.46. The predicted molar refractivity (Wildman–Crippen MR) is 82.6 cm³/mol. The van der Waals surface area contributed by atoms with Crippen molar-refractivity contribution in [1.82, 2.24) is 5.32 Å². The molecule has 1 aliphatic rings. The van der Waals surface area contributed by atoms with Crippen LogP contribution >= 0.6 is 22.6 Å². The zero-order chi connectivity index (χ0) is 13.0. The maximum atomic E-state index is 12.2. The van der Waals surface area contributed by atoms with Crippen LogP contribution in [0.3, 0.4) is 0 Å². The van der Waals surface area contributed by atoms with Crippen LogP contribution in [0.15, 0.2) is 24.3 Å². The van der Waals surface area contributed by atoms with Crippen molar-refractivity contribution in [3.05, 3.63) is 27.8 Å². The average molecular weight is 358 g/mol. The maximum absolute atomic E-state index is 12.2. The van der Waals surface area contributed by atoms with Crippen LogP contribution in [-0.2, 0) is 4.79 Å². The Kier molecular flexibility index (Phi) is 5.00. The molecule has 2 atom stereocenters. The molecule has 1 amide bonds. The molecule has 1 fully saturated rings. The first kappa shape index (κ1) is 13.8. The van der Waals surface area contributed by atoms with Crippen molar-refractivity contribution in [3.63, 3.8) is 0 Å². The molecule has 0 saturated carbocycles. The molecule has 0 radical (unpaired) electrons. The monoisotopic (exact) mass is 358 g/mol. The van der Waals surface area contributed by atoms with Gasteiger partial charge in [-0.1, -0.05) is 19.4 Å². The molecule has 2 rings (SSSR count). The Balaban J connectivity index is 1.95. The van der Waals surface area contributed by atoms with Crippen LogP contribution in [0.25, 0.3) is 0 Å². The molecule has 1 heterocycles. The number of hydrogen-bond donors (Lipinski definition) is 2. The molecule has 1 aromatic rings. The SMILES string of the molecule is CCC1CCNC(C(=O)Nc2cccc(I)c2)C1. The van der Waals surface area contributed by atoms with E-state index in [1.165, 1.54) is 6.42 Å². The second kappa shape index (κ2) is 6.52. The lowest BCUT2D eigenvalue weighted by Gasteiger charge is -2.28. The predicted octanol–water partition coefficient (Wildman–Crippen LogP) is 3.01. The fourth-order valence-corrected chi connectivity index (χ4v) is 2.91. The Morgan fingerprint density at radius 3 is 3.11 bits per heavy atom. The molecule has 2 N–H and O–H groups in total. The van der Waals surface area contributed by atoms with Crippen LogP contribution in [0, 0.1) is 9.49 Å². The smallest absolute Gasteiger partial charge is 0.241 e. The van der Waals surface area contributed by atoms with Gasteiger partial charge in [-0.3, -0.25) is 4.79 Å². The molecular weight excluding hydrogens is 339 g/mol. The first-order valence-electron chi connectivity index (χ1n) is 6.49. The molecule has 1 aromatic carbocycles. The van der Waals surface area contributed by atoms with Gasteiger partial charge in [-0.15, -0.1) is 0 Å². The van der Waals surface area contributed by atoms with E-state index < -0.39 is 0 Å². The van der Waals surface area contributed by atoms with E-state index in [0.29, 0.717) is 5.92 Å². The summed E-state index contributed by atoms with van der Waals surface area (Å²) >= 11 is 2.25. The number of amides is 1. The van der Waals surface area contributed by atoms with Crippen LogP contribution in [0.5, 0.6) is 0 Å². The van der Waals surface area contributed by atoms with Gasteiger partial charge >= 0.3 is 0 Å². The summed E-state index contributed by atoms with van der Waals surface area (Å²) in [4.78, 5) is 12.2. The number of anilines is 1. The highest BCUT2D eigenvalue weighted by molar-refractivity contribution is 14.1. The summed E-state index contributed by atoms with van der Waals surface area (Å²) in [6.45, 7) is 3.15. The Hall–Kier alpha value is -0.620. The Morgan fingerprint density at radius 1 is 1.56 bits per heavy atom. The average Bonchev–Trinajstić information content (AvgIpc) is 2.39. The van der Waals surface area contributed by atoms with Gasteiger partial charge in [-0.05, 0) is 66.1 Å². The van der Waals surface area contributed by atoms with Gasteiger partial charge in [0.05, 0.1) is 6.04 Å². The zero-order valence-electron chi connectivity index (χ0n) is 10.6. The molecule has 0 aromatic heterocycles. The molecule has 0 spiro atoms. The molecular formula is C14H19IN2O. The van der Waals surface area contributed by atoms with Crippen molar-refractivity contribution in [1.29, 1.82) is 0 Å². The van der Waals surface area contributed by atoms with Crippen molar-refractivity contribution < 1.29 is 4.79 Å². The highest BCUT2D eigenvalue weighted by atomic mass is 127. The summed E-state index contributed by atoms with van der Waals surface area (Å²) < 4.78 is 1.13. The highest BCUT2D eigenvalue weighted by Crippen LogP contribution is 2.20. The number of benzene rings is 1. The van der Waals surface area contributed by atoms with Crippen LogP contribution in [0.1, 0.15) is 26.2 Å². The molecule has 1 saturated heterocycles. The number of hydrogen-bond acceptors (Lipinski definition) is 2. The van der Waals surface area contributed by atoms with E-state index in [9.17, 15) is 4.79 Å². The van der Waals surface area contributed by atoms with Crippen LogP contribution < -0.4 is 10.6 Å². The summed E-state index contributed by atoms with van der Waals surface area (Å²) in [6, 6.07) is 7.85. The molecule has 1 aliphatic heterocycles. The van der Waals surface area contributed by atoms with Gasteiger partial charge in [0.1, 0.15) is 0 Å². The molecule has 98 valence electrons. The van der Waals surface area contributed by atoms with E-state index in [1.54, 1.807) is 0 Å². The lowest BCUT2D eigenvalue weighted by molar-refractivity contribution is -0.119. The normalized spacial score (nSPS) is 23.7. The summed E-state index contributed by atoms with van der Waals surface area (Å²) in [5.41, 5.74) is 0.882. The van der Waals surface area contributed by atoms with Gasteiger partial charge < -0.3 is 10.6 Å². The first-order valence-corrected chi connectivity index (χ1v) is 7.56. The van der Waals surface area contributed by atoms with Crippen molar-refractivity contribution in [2.75, 3.05) is 11.9 Å². The number of halogens is 1. The van der Waals surface area contributed by atoms with Gasteiger partial charge in [0.25, 0.3) is 0 Å². The third-order valence-corrected chi connectivity index (χ3v) is 4.17. The van der Waals surface area contributed by atoms with E-state index in [1.807, 2.05) is 24.3 Å². The van der Waals surface area contributed by atoms with Gasteiger partial charge in [0.2, 0.25) is 5.91 Å². The summed E-state index contributed by atoms with van der Waals surface area (Å²) in [6.07, 6.45) is 3.30. The topological polar surface area (TPSA) is 41.1 Å². The van der Waals surface area contributed by atoms with Gasteiger partial charge in [0.15, 0.2) is 0 Å². The number of carbonyl (C=O) groups excluding carboxylic acids is 1. The summed E-state index contributed by atoms with van der Waals surface area (Å²) in [5.74, 6) is 0.771. The van der Waals surface area contributed by atoms with Crippen molar-refractivity contribution in [2.24, 2.45) is 5.92 Å². The van der Waals surface area contributed by atoms with Gasteiger partial charge in [0, 0.05) is 9.26 Å². The van der Waals surface area contributed by atoms with Gasteiger partial charge in [-0.2, -0.15) is 0 Å². The van der Waals surface area contributed by atoms with E-state index >= 15 is 0 Å². The highest BCUT2D eigenvalue weighted by Gasteiger charge is 2.25. The molecule has 2 unspecified atom stereocenters. The molecule has 4 heteroatoms. The van der Waals surface area contributed by atoms with Crippen molar-refractivity contribution in [2.45, 2.75) is 32.2 Å². The van der Waals surface area contributed by atoms with E-state index in [-0.39, 0.29) is 11.9 Å². The van der Waals surface area contributed by atoms with E-state index in [0.717, 1.165) is 28.6 Å². The first-order chi connectivity index (χ1) is 8.69. The Morgan fingerprint density at radius 2 is 2.39 bits per heavy atom. The van der Waals surface area contributed by atoms with Crippen LogP contribution in [0.4, 0.5) is 5.69 Å². The quantitative estimate of drug-likeness (QED) is 0.816. The molecule has 0 bridgehead atoms.